The number of ketones is 1. The maximum Gasteiger partial charge on any atom is 0.295 e. The number of anilines is 1. The summed E-state index contributed by atoms with van der Waals surface area (Å²) >= 11 is 5.84. The van der Waals surface area contributed by atoms with E-state index in [-0.39, 0.29) is 11.8 Å². The monoisotopic (exact) mass is 409 g/mol. The molecule has 2 N–H and O–H groups in total. The molecule has 1 saturated heterocycles. The number of aromatic hydroxyl groups is 1. The quantitative estimate of drug-likeness (QED) is 0.506. The van der Waals surface area contributed by atoms with Crippen molar-refractivity contribution in [3.63, 3.8) is 0 Å². The third kappa shape index (κ3) is 4.03. The lowest BCUT2D eigenvalue weighted by Gasteiger charge is -2.17. The number of aromatic nitrogens is 1. The second kappa shape index (κ2) is 7.72. The fraction of sp³-hybridized carbons (Fsp3) is 0.227. The summed E-state index contributed by atoms with van der Waals surface area (Å²) in [5.41, 5.74) is 2.12. The number of nitrogens with one attached hydrogen (secondary N) is 1. The van der Waals surface area contributed by atoms with Crippen molar-refractivity contribution in [2.75, 3.05) is 18.4 Å². The molecule has 3 aromatic rings. The number of nitrogens with zero attached hydrogens (tertiary/aromatic N) is 2. The van der Waals surface area contributed by atoms with Crippen LogP contribution in [-0.4, -0.2) is 45.8 Å². The Balaban J connectivity index is 1.44. The normalized spacial score (nSPS) is 16.2. The molecule has 1 amide bonds. The predicted octanol–water partition coefficient (Wildman–Crippen LogP) is 3.80. The Hall–Kier alpha value is -3.12. The van der Waals surface area contributed by atoms with Gasteiger partial charge in [-0.25, -0.2) is 4.98 Å². The van der Waals surface area contributed by atoms with Gasteiger partial charge in [0.25, 0.3) is 5.91 Å². The first kappa shape index (κ1) is 19.2. The van der Waals surface area contributed by atoms with E-state index in [2.05, 4.69) is 10.3 Å². The van der Waals surface area contributed by atoms with E-state index in [1.165, 1.54) is 0 Å². The summed E-state index contributed by atoms with van der Waals surface area (Å²) in [6, 6.07) is 13.3. The molecule has 2 aromatic carbocycles. The van der Waals surface area contributed by atoms with Crippen molar-refractivity contribution in [2.45, 2.75) is 19.4 Å². The maximum atomic E-state index is 12.6. The third-order valence-corrected chi connectivity index (χ3v) is 5.38. The Morgan fingerprint density at radius 1 is 1.17 bits per heavy atom. The van der Waals surface area contributed by atoms with E-state index in [1.807, 2.05) is 13.0 Å². The first-order chi connectivity index (χ1) is 13.9. The highest BCUT2D eigenvalue weighted by atomic mass is 35.5. The Morgan fingerprint density at radius 2 is 1.93 bits per heavy atom. The minimum Gasteiger partial charge on any atom is -0.508 e. The average Bonchev–Trinajstić information content (AvgIpc) is 3.16. The number of carbonyl (C=O) groups is 2. The molecule has 7 heteroatoms. The molecular weight excluding hydrogens is 390 g/mol. The molecule has 6 nitrogen and oxygen atoms in total. The number of halogens is 1. The van der Waals surface area contributed by atoms with Crippen molar-refractivity contribution in [1.82, 2.24) is 9.88 Å². The number of pyridine rings is 1. The molecule has 0 unspecified atom stereocenters. The summed E-state index contributed by atoms with van der Waals surface area (Å²) in [7, 11) is 0. The first-order valence-corrected chi connectivity index (χ1v) is 9.74. The number of carbonyl (C=O) groups excluding carboxylic acids is 2. The lowest BCUT2D eigenvalue weighted by molar-refractivity contribution is -0.125. The molecule has 2 heterocycles. The lowest BCUT2D eigenvalue weighted by Crippen LogP contribution is -2.36. The average molecular weight is 410 g/mol. The fourth-order valence-corrected chi connectivity index (χ4v) is 3.72. The van der Waals surface area contributed by atoms with Crippen molar-refractivity contribution in [3.8, 4) is 5.75 Å². The van der Waals surface area contributed by atoms with Gasteiger partial charge in [-0.2, -0.15) is 0 Å². The molecule has 0 spiro atoms. The SMILES string of the molecule is Cc1cc(N[C@H]2CCN(C(=O)C(=O)c3ccc(Cl)cc3)C2)nc2ccc(O)cc12. The molecule has 29 heavy (non-hydrogen) atoms. The van der Waals surface area contributed by atoms with Crippen LogP contribution in [0.25, 0.3) is 10.9 Å². The number of phenolic OH excluding ortho intramolecular Hbond substituents is 1. The van der Waals surface area contributed by atoms with Gasteiger partial charge in [-0.3, -0.25) is 9.59 Å². The van der Waals surface area contributed by atoms with Crippen LogP contribution >= 0.6 is 11.6 Å². The van der Waals surface area contributed by atoms with Gasteiger partial charge in [-0.05, 0) is 67.4 Å². The van der Waals surface area contributed by atoms with Gasteiger partial charge >= 0.3 is 0 Å². The van der Waals surface area contributed by atoms with Gasteiger partial charge in [-0.1, -0.05) is 11.6 Å². The molecule has 0 saturated carbocycles. The molecule has 148 valence electrons. The lowest BCUT2D eigenvalue weighted by atomic mass is 10.1. The Morgan fingerprint density at radius 3 is 2.69 bits per heavy atom. The molecule has 1 aliphatic rings. The number of phenols is 1. The number of benzene rings is 2. The highest BCUT2D eigenvalue weighted by Crippen LogP contribution is 2.25. The van der Waals surface area contributed by atoms with Crippen LogP contribution in [-0.2, 0) is 4.79 Å². The number of aryl methyl sites for hydroxylation is 1. The van der Waals surface area contributed by atoms with Crippen molar-refractivity contribution in [2.24, 2.45) is 0 Å². The van der Waals surface area contributed by atoms with Crippen molar-refractivity contribution in [1.29, 1.82) is 0 Å². The summed E-state index contributed by atoms with van der Waals surface area (Å²) < 4.78 is 0. The van der Waals surface area contributed by atoms with Gasteiger partial charge in [0.15, 0.2) is 0 Å². The number of hydrogen-bond acceptors (Lipinski definition) is 5. The zero-order chi connectivity index (χ0) is 20.5. The van der Waals surface area contributed by atoms with Gasteiger partial charge in [0.05, 0.1) is 5.52 Å². The fourth-order valence-electron chi connectivity index (χ4n) is 3.60. The standard InChI is InChI=1S/C22H20ClN3O3/c1-13-10-20(25-19-7-6-17(27)11-18(13)19)24-16-8-9-26(12-16)22(29)21(28)14-2-4-15(23)5-3-14/h2-7,10-11,16,27H,8-9,12H2,1H3,(H,24,25)/t16-/m0/s1. The summed E-state index contributed by atoms with van der Waals surface area (Å²) in [5.74, 6) is -0.112. The van der Waals surface area contributed by atoms with Crippen LogP contribution in [0.1, 0.15) is 22.3 Å². The van der Waals surface area contributed by atoms with Crippen LogP contribution in [0.3, 0.4) is 0 Å². The highest BCUT2D eigenvalue weighted by molar-refractivity contribution is 6.43. The Kier molecular flexibility index (Phi) is 5.11. The second-order valence-corrected chi connectivity index (χ2v) is 7.68. The minimum absolute atomic E-state index is 0.0124. The van der Waals surface area contributed by atoms with Crippen molar-refractivity contribution < 1.29 is 14.7 Å². The van der Waals surface area contributed by atoms with E-state index < -0.39 is 11.7 Å². The largest absolute Gasteiger partial charge is 0.508 e. The summed E-state index contributed by atoms with van der Waals surface area (Å²) in [4.78, 5) is 31.2. The molecule has 0 bridgehead atoms. The molecule has 4 rings (SSSR count). The van der Waals surface area contributed by atoms with Gasteiger partial charge in [-0.15, -0.1) is 0 Å². The minimum atomic E-state index is -0.526. The van der Waals surface area contributed by atoms with E-state index >= 15 is 0 Å². The van der Waals surface area contributed by atoms with E-state index in [0.29, 0.717) is 29.5 Å². The molecule has 1 aliphatic heterocycles. The second-order valence-electron chi connectivity index (χ2n) is 7.24. The third-order valence-electron chi connectivity index (χ3n) is 5.13. The first-order valence-electron chi connectivity index (χ1n) is 9.37. The molecule has 1 aromatic heterocycles. The topological polar surface area (TPSA) is 82.5 Å². The van der Waals surface area contributed by atoms with Gasteiger partial charge < -0.3 is 15.3 Å². The molecule has 1 fully saturated rings. The van der Waals surface area contributed by atoms with E-state index in [4.69, 9.17) is 11.6 Å². The summed E-state index contributed by atoms with van der Waals surface area (Å²) in [6.45, 7) is 2.91. The van der Waals surface area contributed by atoms with E-state index in [1.54, 1.807) is 47.4 Å². The molecule has 1 atom stereocenters. The van der Waals surface area contributed by atoms with Gasteiger partial charge in [0.2, 0.25) is 5.78 Å². The molecule has 0 aliphatic carbocycles. The van der Waals surface area contributed by atoms with Crippen LogP contribution in [0.15, 0.2) is 48.5 Å². The van der Waals surface area contributed by atoms with Crippen LogP contribution in [0.2, 0.25) is 5.02 Å². The smallest absolute Gasteiger partial charge is 0.295 e. The van der Waals surface area contributed by atoms with Gasteiger partial charge in [0, 0.05) is 35.1 Å². The van der Waals surface area contributed by atoms with Crippen LogP contribution < -0.4 is 5.32 Å². The zero-order valence-corrected chi connectivity index (χ0v) is 16.6. The molecule has 0 radical (unpaired) electrons. The van der Waals surface area contributed by atoms with Crippen molar-refractivity contribution in [3.05, 3.63) is 64.7 Å². The maximum absolute atomic E-state index is 12.6. The van der Waals surface area contributed by atoms with Gasteiger partial charge in [0.1, 0.15) is 11.6 Å². The zero-order valence-electron chi connectivity index (χ0n) is 15.9. The summed E-state index contributed by atoms with van der Waals surface area (Å²) in [5, 5.41) is 14.4. The molecular formula is C22H20ClN3O3. The number of amides is 1. The van der Waals surface area contributed by atoms with E-state index in [0.717, 1.165) is 22.9 Å². The van der Waals surface area contributed by atoms with Crippen molar-refractivity contribution >= 4 is 40.0 Å². The highest BCUT2D eigenvalue weighted by Gasteiger charge is 2.30. The van der Waals surface area contributed by atoms with Crippen LogP contribution in [0, 0.1) is 6.92 Å². The Bertz CT molecular complexity index is 1100. The number of fused-ring (bicyclic) bond motifs is 1. The predicted molar refractivity (Wildman–Crippen MR) is 113 cm³/mol. The number of likely N-dealkylation sites (tertiary alicyclic amines) is 1. The number of hydrogen-bond donors (Lipinski definition) is 2. The number of Topliss-reactive ketones (excluding diaryl/α,β-unsaturated/α-hetero) is 1. The van der Waals surface area contributed by atoms with Crippen LogP contribution in [0.4, 0.5) is 5.82 Å². The Labute approximate surface area is 173 Å². The van der Waals surface area contributed by atoms with E-state index in [9.17, 15) is 14.7 Å². The summed E-state index contributed by atoms with van der Waals surface area (Å²) in [6.07, 6.45) is 0.730. The number of rotatable bonds is 4. The van der Waals surface area contributed by atoms with Crippen LogP contribution in [0.5, 0.6) is 5.75 Å².